The second-order valence-corrected chi connectivity index (χ2v) is 6.19. The summed E-state index contributed by atoms with van der Waals surface area (Å²) in [5, 5.41) is 7.68. The zero-order valence-corrected chi connectivity index (χ0v) is 15.2. The monoisotopic (exact) mass is 352 g/mol. The Labute approximate surface area is 150 Å². The van der Waals surface area contributed by atoms with E-state index in [9.17, 15) is 9.59 Å². The van der Waals surface area contributed by atoms with Crippen molar-refractivity contribution in [3.8, 4) is 11.4 Å². The van der Waals surface area contributed by atoms with Gasteiger partial charge in [0, 0.05) is 18.2 Å². The van der Waals surface area contributed by atoms with E-state index in [0.29, 0.717) is 17.0 Å². The Balaban J connectivity index is 1.93. The topological polar surface area (TPSA) is 79.0 Å². The molecule has 0 radical (unpaired) electrons. The molecule has 2 aromatic carbocycles. The molecular weight excluding hydrogens is 332 g/mol. The third-order valence-corrected chi connectivity index (χ3v) is 4.29. The van der Waals surface area contributed by atoms with Crippen LogP contribution in [0.5, 0.6) is 5.75 Å². The van der Waals surface area contributed by atoms with E-state index >= 15 is 0 Å². The van der Waals surface area contributed by atoms with Crippen molar-refractivity contribution in [2.45, 2.75) is 27.4 Å². The first-order valence-electron chi connectivity index (χ1n) is 8.20. The number of rotatable bonds is 5. The van der Waals surface area contributed by atoms with Gasteiger partial charge in [-0.3, -0.25) is 4.79 Å². The molecular formula is C19H20N4O3. The quantitative estimate of drug-likeness (QED) is 0.659. The number of ether oxygens (including phenoxy) is 1. The summed E-state index contributed by atoms with van der Waals surface area (Å²) in [6.07, 6.45) is 0. The third kappa shape index (κ3) is 3.28. The van der Waals surface area contributed by atoms with Gasteiger partial charge in [0.25, 0.3) is 0 Å². The number of nitrogens with zero attached hydrogens (tertiary/aromatic N) is 4. The molecule has 0 saturated heterocycles. The maximum absolute atomic E-state index is 12.2. The molecule has 3 rings (SSSR count). The number of Topliss-reactive ketones (excluding diaryl/α,β-unsaturated/α-hetero) is 1. The van der Waals surface area contributed by atoms with Gasteiger partial charge in [-0.05, 0) is 66.6 Å². The van der Waals surface area contributed by atoms with E-state index in [1.807, 2.05) is 38.1 Å². The van der Waals surface area contributed by atoms with Gasteiger partial charge in [0.1, 0.15) is 12.4 Å². The van der Waals surface area contributed by atoms with Gasteiger partial charge < -0.3 is 4.74 Å². The molecule has 26 heavy (non-hydrogen) atoms. The predicted molar refractivity (Wildman–Crippen MR) is 96.9 cm³/mol. The van der Waals surface area contributed by atoms with Crippen LogP contribution in [0.1, 0.15) is 34.0 Å². The van der Waals surface area contributed by atoms with Crippen LogP contribution in [0.25, 0.3) is 5.69 Å². The fourth-order valence-electron chi connectivity index (χ4n) is 2.72. The summed E-state index contributed by atoms with van der Waals surface area (Å²) in [6.45, 7) is 5.65. The molecule has 0 aliphatic rings. The van der Waals surface area contributed by atoms with E-state index in [-0.39, 0.29) is 18.1 Å². The smallest absolute Gasteiger partial charge is 0.368 e. The summed E-state index contributed by atoms with van der Waals surface area (Å²) < 4.78 is 8.41. The molecule has 0 atom stereocenters. The highest BCUT2D eigenvalue weighted by Crippen LogP contribution is 2.23. The first kappa shape index (κ1) is 17.6. The van der Waals surface area contributed by atoms with E-state index in [1.165, 1.54) is 16.3 Å². The van der Waals surface area contributed by atoms with Gasteiger partial charge in [-0.25, -0.2) is 4.79 Å². The average Bonchev–Trinajstić information content (AvgIpc) is 2.93. The summed E-state index contributed by atoms with van der Waals surface area (Å²) >= 11 is 0. The molecule has 7 nitrogen and oxygen atoms in total. The van der Waals surface area contributed by atoms with Crippen LogP contribution < -0.4 is 10.4 Å². The first-order valence-corrected chi connectivity index (χ1v) is 8.20. The van der Waals surface area contributed by atoms with E-state index in [1.54, 1.807) is 19.2 Å². The Morgan fingerprint density at radius 1 is 1.12 bits per heavy atom. The molecule has 0 aliphatic carbocycles. The van der Waals surface area contributed by atoms with Gasteiger partial charge >= 0.3 is 5.69 Å². The molecule has 0 bridgehead atoms. The van der Waals surface area contributed by atoms with Gasteiger partial charge in [-0.1, -0.05) is 12.1 Å². The zero-order chi connectivity index (χ0) is 18.8. The molecule has 1 aromatic heterocycles. The lowest BCUT2D eigenvalue weighted by atomic mass is 10.1. The minimum Gasteiger partial charge on any atom is -0.489 e. The van der Waals surface area contributed by atoms with Crippen LogP contribution in [-0.4, -0.2) is 25.6 Å². The lowest BCUT2D eigenvalue weighted by Gasteiger charge is -2.14. The lowest BCUT2D eigenvalue weighted by molar-refractivity contribution is 0.101. The van der Waals surface area contributed by atoms with E-state index in [0.717, 1.165) is 16.7 Å². The van der Waals surface area contributed by atoms with Crippen molar-refractivity contribution in [3.63, 3.8) is 0 Å². The Hall–Kier alpha value is -3.22. The number of ketones is 1. The van der Waals surface area contributed by atoms with Crippen molar-refractivity contribution in [3.05, 3.63) is 69.1 Å². The SMILES string of the molecule is CC(=O)c1ccc(OCc2c(C)cccc2-n2nnn(C)c2=O)c(C)c1. The number of hydrogen-bond acceptors (Lipinski definition) is 5. The van der Waals surface area contributed by atoms with Crippen LogP contribution in [0.15, 0.2) is 41.2 Å². The number of aromatic nitrogens is 4. The molecule has 0 saturated carbocycles. The first-order chi connectivity index (χ1) is 12.4. The number of carbonyl (C=O) groups excluding carboxylic acids is 1. The highest BCUT2D eigenvalue weighted by Gasteiger charge is 2.14. The summed E-state index contributed by atoms with van der Waals surface area (Å²) in [5.41, 5.74) is 3.69. The number of tetrazole rings is 1. The van der Waals surface area contributed by atoms with Crippen molar-refractivity contribution >= 4 is 5.78 Å². The Bertz CT molecular complexity index is 1030. The van der Waals surface area contributed by atoms with E-state index in [4.69, 9.17) is 4.74 Å². The lowest BCUT2D eigenvalue weighted by Crippen LogP contribution is -2.23. The second-order valence-electron chi connectivity index (χ2n) is 6.19. The van der Waals surface area contributed by atoms with E-state index in [2.05, 4.69) is 10.4 Å². The van der Waals surface area contributed by atoms with Crippen LogP contribution in [0.3, 0.4) is 0 Å². The maximum Gasteiger partial charge on any atom is 0.368 e. The van der Waals surface area contributed by atoms with Crippen LogP contribution in [0.2, 0.25) is 0 Å². The summed E-state index contributed by atoms with van der Waals surface area (Å²) in [6, 6.07) is 11.0. The predicted octanol–water partition coefficient (Wildman–Crippen LogP) is 2.36. The number of carbonyl (C=O) groups is 1. The van der Waals surface area contributed by atoms with Crippen LogP contribution in [-0.2, 0) is 13.7 Å². The second kappa shape index (κ2) is 6.95. The van der Waals surface area contributed by atoms with Gasteiger partial charge in [0.2, 0.25) is 0 Å². The number of aryl methyl sites for hydroxylation is 3. The van der Waals surface area contributed by atoms with Crippen molar-refractivity contribution in [2.75, 3.05) is 0 Å². The normalized spacial score (nSPS) is 10.8. The Kier molecular flexibility index (Phi) is 4.71. The summed E-state index contributed by atoms with van der Waals surface area (Å²) in [5.74, 6) is 0.707. The van der Waals surface area contributed by atoms with Crippen LogP contribution in [0.4, 0.5) is 0 Å². The third-order valence-electron chi connectivity index (χ3n) is 4.29. The molecule has 0 spiro atoms. The summed E-state index contributed by atoms with van der Waals surface area (Å²) in [4.78, 5) is 23.7. The molecule has 7 heteroatoms. The highest BCUT2D eigenvalue weighted by atomic mass is 16.5. The Morgan fingerprint density at radius 3 is 2.50 bits per heavy atom. The van der Waals surface area contributed by atoms with Gasteiger partial charge in [-0.15, -0.1) is 0 Å². The standard InChI is InChI=1S/C19H20N4O3/c1-12-6-5-7-17(23-19(25)22(4)20-21-23)16(12)11-26-18-9-8-15(14(3)24)10-13(18)2/h5-10H,11H2,1-4H3. The molecule has 0 amide bonds. The Morgan fingerprint density at radius 2 is 1.88 bits per heavy atom. The van der Waals surface area contributed by atoms with E-state index < -0.39 is 0 Å². The molecule has 1 heterocycles. The highest BCUT2D eigenvalue weighted by molar-refractivity contribution is 5.94. The number of hydrogen-bond donors (Lipinski definition) is 0. The molecule has 0 aliphatic heterocycles. The van der Waals surface area contributed by atoms with Crippen LogP contribution in [0, 0.1) is 13.8 Å². The van der Waals surface area contributed by atoms with Crippen molar-refractivity contribution < 1.29 is 9.53 Å². The fraction of sp³-hybridized carbons (Fsp3) is 0.263. The molecule has 134 valence electrons. The van der Waals surface area contributed by atoms with Gasteiger partial charge in [-0.2, -0.15) is 9.36 Å². The fourth-order valence-corrected chi connectivity index (χ4v) is 2.72. The molecule has 0 N–H and O–H groups in total. The average molecular weight is 352 g/mol. The minimum atomic E-state index is -0.321. The van der Waals surface area contributed by atoms with Gasteiger partial charge in [0.05, 0.1) is 5.69 Å². The molecule has 0 unspecified atom stereocenters. The van der Waals surface area contributed by atoms with Crippen molar-refractivity contribution in [2.24, 2.45) is 7.05 Å². The minimum absolute atomic E-state index is 0.0165. The maximum atomic E-state index is 12.2. The van der Waals surface area contributed by atoms with Crippen molar-refractivity contribution in [1.82, 2.24) is 19.8 Å². The zero-order valence-electron chi connectivity index (χ0n) is 15.2. The summed E-state index contributed by atoms with van der Waals surface area (Å²) in [7, 11) is 1.55. The number of benzene rings is 2. The molecule has 3 aromatic rings. The van der Waals surface area contributed by atoms with Crippen LogP contribution >= 0.6 is 0 Å². The van der Waals surface area contributed by atoms with Crippen molar-refractivity contribution in [1.29, 1.82) is 0 Å². The largest absolute Gasteiger partial charge is 0.489 e. The van der Waals surface area contributed by atoms with Gasteiger partial charge in [0.15, 0.2) is 5.78 Å². The molecule has 0 fully saturated rings.